The first-order chi connectivity index (χ1) is 14.0. The molecule has 1 aromatic carbocycles. The topological polar surface area (TPSA) is 94.3 Å². The molecular formula is C20H20ClN3O4S. The van der Waals surface area contributed by atoms with Crippen LogP contribution in [0.2, 0.25) is 5.02 Å². The molecule has 0 aliphatic rings. The number of halogens is 1. The highest BCUT2D eigenvalue weighted by molar-refractivity contribution is 7.08. The highest BCUT2D eigenvalue weighted by Crippen LogP contribution is 2.20. The average Bonchev–Trinajstić information content (AvgIpc) is 3.41. The van der Waals surface area contributed by atoms with Crippen molar-refractivity contribution < 1.29 is 18.8 Å². The number of nitrogens with zero attached hydrogens (tertiary/aromatic N) is 2. The van der Waals surface area contributed by atoms with Crippen molar-refractivity contribution >= 4 is 34.8 Å². The maximum Gasteiger partial charge on any atom is 0.329 e. The van der Waals surface area contributed by atoms with Crippen molar-refractivity contribution in [1.29, 1.82) is 0 Å². The molecule has 0 saturated heterocycles. The summed E-state index contributed by atoms with van der Waals surface area (Å²) in [6, 6.07) is 7.50. The minimum atomic E-state index is -0.800. The van der Waals surface area contributed by atoms with Crippen molar-refractivity contribution in [2.75, 3.05) is 0 Å². The lowest BCUT2D eigenvalue weighted by Crippen LogP contribution is -2.46. The molecule has 152 valence electrons. The Balaban J connectivity index is 1.63. The van der Waals surface area contributed by atoms with Gasteiger partial charge in [-0.15, -0.1) is 0 Å². The summed E-state index contributed by atoms with van der Waals surface area (Å²) in [5.74, 6) is -0.421. The van der Waals surface area contributed by atoms with Crippen molar-refractivity contribution in [1.82, 2.24) is 15.5 Å². The monoisotopic (exact) mass is 433 g/mol. The minimum absolute atomic E-state index is 0.120. The van der Waals surface area contributed by atoms with Crippen molar-refractivity contribution in [3.05, 3.63) is 57.5 Å². The maximum absolute atomic E-state index is 12.6. The van der Waals surface area contributed by atoms with Gasteiger partial charge in [0.25, 0.3) is 11.8 Å². The van der Waals surface area contributed by atoms with E-state index in [-0.39, 0.29) is 24.3 Å². The van der Waals surface area contributed by atoms with Gasteiger partial charge in [0.2, 0.25) is 5.82 Å². The van der Waals surface area contributed by atoms with E-state index in [1.165, 1.54) is 11.3 Å². The van der Waals surface area contributed by atoms with Gasteiger partial charge in [0, 0.05) is 16.0 Å². The van der Waals surface area contributed by atoms with Crippen LogP contribution in [-0.4, -0.2) is 28.1 Å². The van der Waals surface area contributed by atoms with Gasteiger partial charge in [-0.05, 0) is 41.6 Å². The van der Waals surface area contributed by atoms with Gasteiger partial charge >= 0.3 is 5.97 Å². The molecule has 29 heavy (non-hydrogen) atoms. The number of thiophene rings is 1. The van der Waals surface area contributed by atoms with Crippen LogP contribution in [0, 0.1) is 5.92 Å². The number of hydrogen-bond acceptors (Lipinski definition) is 7. The third kappa shape index (κ3) is 5.42. The van der Waals surface area contributed by atoms with E-state index in [0.29, 0.717) is 22.9 Å². The van der Waals surface area contributed by atoms with Gasteiger partial charge in [0.15, 0.2) is 6.61 Å². The Morgan fingerprint density at radius 1 is 1.28 bits per heavy atom. The van der Waals surface area contributed by atoms with Crippen LogP contribution in [0.25, 0.3) is 11.5 Å². The average molecular weight is 434 g/mol. The van der Waals surface area contributed by atoms with Gasteiger partial charge in [-0.2, -0.15) is 16.3 Å². The van der Waals surface area contributed by atoms with Crippen LogP contribution < -0.4 is 5.32 Å². The summed E-state index contributed by atoms with van der Waals surface area (Å²) >= 11 is 7.37. The Kier molecular flexibility index (Phi) is 7.00. The normalized spacial score (nSPS) is 12.9. The molecule has 0 unspecified atom stereocenters. The quantitative estimate of drug-likeness (QED) is 0.531. The molecule has 2 atom stereocenters. The third-order valence-electron chi connectivity index (χ3n) is 4.44. The fraction of sp³-hybridized carbons (Fsp3) is 0.300. The van der Waals surface area contributed by atoms with Crippen LogP contribution in [0.4, 0.5) is 0 Å². The number of rotatable bonds is 8. The number of aromatic nitrogens is 2. The summed E-state index contributed by atoms with van der Waals surface area (Å²) in [5.41, 5.74) is 1.22. The Morgan fingerprint density at radius 2 is 2.03 bits per heavy atom. The van der Waals surface area contributed by atoms with Gasteiger partial charge in [-0.3, -0.25) is 4.79 Å². The predicted octanol–water partition coefficient (Wildman–Crippen LogP) is 4.34. The SMILES string of the molecule is CC[C@H](C)[C@H](NC(=O)c1ccc(Cl)cc1)C(=O)OCc1noc(-c2ccsc2)n1. The van der Waals surface area contributed by atoms with Gasteiger partial charge in [0.05, 0.1) is 5.56 Å². The second-order valence-electron chi connectivity index (χ2n) is 6.48. The Hall–Kier alpha value is -2.71. The summed E-state index contributed by atoms with van der Waals surface area (Å²) < 4.78 is 10.5. The first-order valence-corrected chi connectivity index (χ1v) is 10.4. The van der Waals surface area contributed by atoms with Crippen LogP contribution in [0.15, 0.2) is 45.6 Å². The van der Waals surface area contributed by atoms with Crippen LogP contribution >= 0.6 is 22.9 Å². The van der Waals surface area contributed by atoms with E-state index < -0.39 is 12.0 Å². The number of nitrogens with one attached hydrogen (secondary N) is 1. The molecule has 1 amide bonds. The van der Waals surface area contributed by atoms with Crippen molar-refractivity contribution in [3.8, 4) is 11.5 Å². The first-order valence-electron chi connectivity index (χ1n) is 9.06. The van der Waals surface area contributed by atoms with E-state index in [4.69, 9.17) is 20.9 Å². The van der Waals surface area contributed by atoms with Gasteiger partial charge in [0.1, 0.15) is 6.04 Å². The number of ether oxygens (including phenoxy) is 1. The Labute approximate surface area is 177 Å². The standard InChI is InChI=1S/C20H20ClN3O4S/c1-3-12(2)17(23-18(25)13-4-6-15(21)7-5-13)20(26)27-10-16-22-19(28-24-16)14-8-9-29-11-14/h4-9,11-12,17H,3,10H2,1-2H3,(H,23,25)/t12-,17-/m0/s1. The number of carbonyl (C=O) groups excluding carboxylic acids is 2. The second-order valence-corrected chi connectivity index (χ2v) is 7.70. The largest absolute Gasteiger partial charge is 0.456 e. The van der Waals surface area contributed by atoms with E-state index in [9.17, 15) is 9.59 Å². The lowest BCUT2D eigenvalue weighted by molar-refractivity contribution is -0.149. The van der Waals surface area contributed by atoms with Crippen LogP contribution in [0.1, 0.15) is 36.5 Å². The zero-order chi connectivity index (χ0) is 20.8. The molecule has 0 fully saturated rings. The molecule has 3 aromatic rings. The lowest BCUT2D eigenvalue weighted by Gasteiger charge is -2.22. The first kappa shape index (κ1) is 21.0. The summed E-state index contributed by atoms with van der Waals surface area (Å²) in [6.45, 7) is 3.67. The summed E-state index contributed by atoms with van der Waals surface area (Å²) in [6.07, 6.45) is 0.686. The molecule has 0 spiro atoms. The molecule has 0 aliphatic carbocycles. The molecule has 1 N–H and O–H groups in total. The van der Waals surface area contributed by atoms with Gasteiger partial charge in [-0.1, -0.05) is 37.0 Å². The summed E-state index contributed by atoms with van der Waals surface area (Å²) in [7, 11) is 0. The molecular weight excluding hydrogens is 414 g/mol. The third-order valence-corrected chi connectivity index (χ3v) is 5.37. The van der Waals surface area contributed by atoms with E-state index in [1.807, 2.05) is 30.7 Å². The van der Waals surface area contributed by atoms with E-state index in [0.717, 1.165) is 5.56 Å². The fourth-order valence-corrected chi connectivity index (χ4v) is 3.29. The number of benzene rings is 1. The molecule has 0 saturated carbocycles. The van der Waals surface area contributed by atoms with Crippen LogP contribution in [0.3, 0.4) is 0 Å². The molecule has 7 nitrogen and oxygen atoms in total. The van der Waals surface area contributed by atoms with E-state index in [1.54, 1.807) is 24.3 Å². The number of esters is 1. The summed E-state index contributed by atoms with van der Waals surface area (Å²) in [4.78, 5) is 29.3. The highest BCUT2D eigenvalue weighted by atomic mass is 35.5. The molecule has 0 aliphatic heterocycles. The number of hydrogen-bond donors (Lipinski definition) is 1. The van der Waals surface area contributed by atoms with E-state index in [2.05, 4.69) is 15.5 Å². The van der Waals surface area contributed by atoms with Crippen molar-refractivity contribution in [3.63, 3.8) is 0 Å². The highest BCUT2D eigenvalue weighted by Gasteiger charge is 2.28. The Morgan fingerprint density at radius 3 is 2.69 bits per heavy atom. The molecule has 9 heteroatoms. The van der Waals surface area contributed by atoms with Gasteiger partial charge in [-0.25, -0.2) is 4.79 Å². The zero-order valence-corrected chi connectivity index (χ0v) is 17.5. The molecule has 0 bridgehead atoms. The molecule has 2 heterocycles. The zero-order valence-electron chi connectivity index (χ0n) is 15.9. The van der Waals surface area contributed by atoms with E-state index >= 15 is 0 Å². The Bertz CT molecular complexity index is 957. The van der Waals surface area contributed by atoms with Gasteiger partial charge < -0.3 is 14.6 Å². The number of amides is 1. The van der Waals surface area contributed by atoms with Crippen molar-refractivity contribution in [2.45, 2.75) is 32.9 Å². The summed E-state index contributed by atoms with van der Waals surface area (Å²) in [5, 5.41) is 10.9. The second kappa shape index (κ2) is 9.67. The smallest absolute Gasteiger partial charge is 0.329 e. The van der Waals surface area contributed by atoms with Crippen molar-refractivity contribution in [2.24, 2.45) is 5.92 Å². The van der Waals surface area contributed by atoms with Crippen LogP contribution in [-0.2, 0) is 16.1 Å². The molecule has 0 radical (unpaired) electrons. The molecule has 3 rings (SSSR count). The predicted molar refractivity (Wildman–Crippen MR) is 110 cm³/mol. The number of carbonyl (C=O) groups is 2. The minimum Gasteiger partial charge on any atom is -0.456 e. The van der Waals surface area contributed by atoms with Crippen LogP contribution in [0.5, 0.6) is 0 Å². The fourth-order valence-electron chi connectivity index (χ4n) is 2.54. The molecule has 2 aromatic heterocycles. The lowest BCUT2D eigenvalue weighted by atomic mass is 9.99. The maximum atomic E-state index is 12.6.